The van der Waals surface area contributed by atoms with E-state index < -0.39 is 11.8 Å². The molecule has 1 heterocycles. The van der Waals surface area contributed by atoms with Crippen molar-refractivity contribution < 1.29 is 23.1 Å². The summed E-state index contributed by atoms with van der Waals surface area (Å²) in [6.07, 6.45) is -1.34. The number of hydrogen-bond donors (Lipinski definition) is 1. The zero-order valence-corrected chi connectivity index (χ0v) is 15.0. The van der Waals surface area contributed by atoms with Gasteiger partial charge in [-0.05, 0) is 16.7 Å². The molecule has 1 N–H and O–H groups in total. The minimum atomic E-state index is -4.87. The number of ketones is 1. The van der Waals surface area contributed by atoms with Crippen molar-refractivity contribution in [1.29, 1.82) is 0 Å². The second kappa shape index (κ2) is 6.31. The molecule has 3 aromatic rings. The molecule has 1 aliphatic carbocycles. The van der Waals surface area contributed by atoms with E-state index >= 15 is 0 Å². The lowest BCUT2D eigenvalue weighted by Crippen LogP contribution is -2.41. The molecule has 144 valence electrons. The van der Waals surface area contributed by atoms with Gasteiger partial charge in [-0.3, -0.25) is 9.48 Å². The maximum Gasteiger partial charge on any atom is 0.425 e. The predicted molar refractivity (Wildman–Crippen MR) is 97.5 cm³/mol. The van der Waals surface area contributed by atoms with Gasteiger partial charge in [0.25, 0.3) is 0 Å². The lowest BCUT2D eigenvalue weighted by molar-refractivity contribution is -0.246. The lowest BCUT2D eigenvalue weighted by Gasteiger charge is -2.28. The van der Waals surface area contributed by atoms with Crippen LogP contribution in [0.15, 0.2) is 54.9 Å². The van der Waals surface area contributed by atoms with Crippen LogP contribution in [-0.4, -0.2) is 26.8 Å². The predicted octanol–water partition coefficient (Wildman–Crippen LogP) is 4.31. The fraction of sp³-hybridized carbons (Fsp3) is 0.238. The molecule has 0 amide bonds. The smallest absolute Gasteiger partial charge is 0.372 e. The second-order valence-electron chi connectivity index (χ2n) is 6.80. The standard InChI is InChI=1S/C21H17F3N2O2/c1-2-14(27)12-26-11-13(10-25-26)15-7-5-9-18-19(15)16-6-3-4-8-17(16)20(18,28)21(22,23)24/h3-11,28H,2,12H2,1H3. The van der Waals surface area contributed by atoms with Gasteiger partial charge in [-0.2, -0.15) is 18.3 Å². The number of aromatic nitrogens is 2. The van der Waals surface area contributed by atoms with Crippen LogP contribution in [0, 0.1) is 0 Å². The van der Waals surface area contributed by atoms with Gasteiger partial charge in [-0.25, -0.2) is 0 Å². The normalized spacial score (nSPS) is 18.0. The molecule has 28 heavy (non-hydrogen) atoms. The highest BCUT2D eigenvalue weighted by atomic mass is 19.4. The van der Waals surface area contributed by atoms with E-state index in [9.17, 15) is 23.1 Å². The summed E-state index contributed by atoms with van der Waals surface area (Å²) in [7, 11) is 0. The van der Waals surface area contributed by atoms with Crippen LogP contribution >= 0.6 is 0 Å². The van der Waals surface area contributed by atoms with Crippen molar-refractivity contribution in [1.82, 2.24) is 9.78 Å². The summed E-state index contributed by atoms with van der Waals surface area (Å²) in [6.45, 7) is 1.86. The van der Waals surface area contributed by atoms with E-state index in [4.69, 9.17) is 0 Å². The minimum Gasteiger partial charge on any atom is -0.372 e. The third kappa shape index (κ3) is 2.57. The van der Waals surface area contributed by atoms with Gasteiger partial charge in [0.2, 0.25) is 5.60 Å². The van der Waals surface area contributed by atoms with Gasteiger partial charge < -0.3 is 5.11 Å². The number of nitrogens with zero attached hydrogens (tertiary/aromatic N) is 2. The van der Waals surface area contributed by atoms with Crippen LogP contribution in [0.3, 0.4) is 0 Å². The van der Waals surface area contributed by atoms with E-state index in [2.05, 4.69) is 5.10 Å². The summed E-state index contributed by atoms with van der Waals surface area (Å²) in [4.78, 5) is 11.7. The first-order valence-electron chi connectivity index (χ1n) is 8.84. The number of carbonyl (C=O) groups excluding carboxylic acids is 1. The molecular weight excluding hydrogens is 369 g/mol. The van der Waals surface area contributed by atoms with Gasteiger partial charge in [0, 0.05) is 29.3 Å². The van der Waals surface area contributed by atoms with Gasteiger partial charge in [0.1, 0.15) is 0 Å². The largest absolute Gasteiger partial charge is 0.425 e. The van der Waals surface area contributed by atoms with Crippen molar-refractivity contribution in [2.24, 2.45) is 0 Å². The Kier molecular flexibility index (Phi) is 4.15. The topological polar surface area (TPSA) is 55.1 Å². The summed E-state index contributed by atoms with van der Waals surface area (Å²) >= 11 is 0. The van der Waals surface area contributed by atoms with Crippen molar-refractivity contribution in [2.75, 3.05) is 0 Å². The van der Waals surface area contributed by atoms with Gasteiger partial charge in [0.15, 0.2) is 5.78 Å². The summed E-state index contributed by atoms with van der Waals surface area (Å²) in [5.74, 6) is 0.00438. The van der Waals surface area contributed by atoms with E-state index in [0.29, 0.717) is 28.7 Å². The Morgan fingerprint density at radius 1 is 1.11 bits per heavy atom. The Morgan fingerprint density at radius 2 is 1.79 bits per heavy atom. The second-order valence-corrected chi connectivity index (χ2v) is 6.80. The maximum atomic E-state index is 13.9. The van der Waals surface area contributed by atoms with Crippen molar-refractivity contribution in [3.8, 4) is 22.3 Å². The Balaban J connectivity index is 1.91. The van der Waals surface area contributed by atoms with Crippen molar-refractivity contribution in [3.05, 3.63) is 66.0 Å². The van der Waals surface area contributed by atoms with Gasteiger partial charge in [0.05, 0.1) is 12.7 Å². The Labute approximate surface area is 159 Å². The number of aliphatic hydroxyl groups is 1. The fourth-order valence-corrected chi connectivity index (χ4v) is 3.73. The third-order valence-corrected chi connectivity index (χ3v) is 5.13. The van der Waals surface area contributed by atoms with Crippen LogP contribution in [0.4, 0.5) is 13.2 Å². The SMILES string of the molecule is CCC(=O)Cn1cc(-c2cccc3c2-c2ccccc2C3(O)C(F)(F)F)cn1. The molecule has 0 saturated heterocycles. The number of benzene rings is 2. The van der Waals surface area contributed by atoms with Crippen LogP contribution < -0.4 is 0 Å². The summed E-state index contributed by atoms with van der Waals surface area (Å²) in [5, 5.41) is 14.9. The molecule has 2 aromatic carbocycles. The summed E-state index contributed by atoms with van der Waals surface area (Å²) in [6, 6.07) is 10.5. The molecule has 0 bridgehead atoms. The average Bonchev–Trinajstić information content (AvgIpc) is 3.23. The third-order valence-electron chi connectivity index (χ3n) is 5.13. The number of halogens is 3. The van der Waals surface area contributed by atoms with Crippen molar-refractivity contribution in [2.45, 2.75) is 31.7 Å². The summed E-state index contributed by atoms with van der Waals surface area (Å²) in [5.41, 5.74) is -1.66. The first kappa shape index (κ1) is 18.4. The van der Waals surface area contributed by atoms with E-state index in [1.165, 1.54) is 35.1 Å². The van der Waals surface area contributed by atoms with Gasteiger partial charge in [-0.1, -0.05) is 49.4 Å². The van der Waals surface area contributed by atoms with Gasteiger partial charge in [-0.15, -0.1) is 0 Å². The number of rotatable bonds is 4. The number of Topliss-reactive ketones (excluding diaryl/α,β-unsaturated/α-hetero) is 1. The highest BCUT2D eigenvalue weighted by Gasteiger charge is 2.61. The van der Waals surface area contributed by atoms with Crippen LogP contribution in [0.25, 0.3) is 22.3 Å². The molecular formula is C21H17F3N2O2. The Hall–Kier alpha value is -2.93. The first-order valence-corrected chi connectivity index (χ1v) is 8.84. The lowest BCUT2D eigenvalue weighted by atomic mass is 9.89. The van der Waals surface area contributed by atoms with Gasteiger partial charge >= 0.3 is 6.18 Å². The average molecular weight is 386 g/mol. The van der Waals surface area contributed by atoms with Crippen LogP contribution in [-0.2, 0) is 16.9 Å². The quantitative estimate of drug-likeness (QED) is 0.727. The minimum absolute atomic E-state index is 0.00438. The molecule has 4 nitrogen and oxygen atoms in total. The molecule has 1 aromatic heterocycles. The zero-order chi connectivity index (χ0) is 20.1. The molecule has 0 fully saturated rings. The van der Waals surface area contributed by atoms with E-state index in [-0.39, 0.29) is 23.5 Å². The van der Waals surface area contributed by atoms with Crippen LogP contribution in [0.5, 0.6) is 0 Å². The number of alkyl halides is 3. The molecule has 0 spiro atoms. The van der Waals surface area contributed by atoms with E-state index in [1.54, 1.807) is 31.3 Å². The number of fused-ring (bicyclic) bond motifs is 3. The molecule has 1 atom stereocenters. The molecule has 0 aliphatic heterocycles. The molecule has 1 aliphatic rings. The molecule has 0 saturated carbocycles. The van der Waals surface area contributed by atoms with Crippen LogP contribution in [0.2, 0.25) is 0 Å². The van der Waals surface area contributed by atoms with Crippen LogP contribution in [0.1, 0.15) is 24.5 Å². The van der Waals surface area contributed by atoms with E-state index in [0.717, 1.165) is 0 Å². The van der Waals surface area contributed by atoms with Crippen molar-refractivity contribution in [3.63, 3.8) is 0 Å². The Morgan fingerprint density at radius 3 is 2.50 bits per heavy atom. The molecule has 7 heteroatoms. The monoisotopic (exact) mass is 386 g/mol. The molecule has 4 rings (SSSR count). The Bertz CT molecular complexity index is 1070. The first-order chi connectivity index (χ1) is 13.3. The van der Waals surface area contributed by atoms with E-state index in [1.807, 2.05) is 0 Å². The summed E-state index contributed by atoms with van der Waals surface area (Å²) < 4.78 is 43.2. The fourth-order valence-electron chi connectivity index (χ4n) is 3.73. The number of carbonyl (C=O) groups is 1. The highest BCUT2D eigenvalue weighted by molar-refractivity contribution is 5.92. The zero-order valence-electron chi connectivity index (χ0n) is 15.0. The van der Waals surface area contributed by atoms with Crippen molar-refractivity contribution >= 4 is 5.78 Å². The number of hydrogen-bond acceptors (Lipinski definition) is 3. The maximum absolute atomic E-state index is 13.9. The molecule has 0 radical (unpaired) electrons. The highest BCUT2D eigenvalue weighted by Crippen LogP contribution is 2.56. The molecule has 1 unspecified atom stereocenters.